The summed E-state index contributed by atoms with van der Waals surface area (Å²) in [5.74, 6) is 1.59. The third-order valence-electron chi connectivity index (χ3n) is 2.88. The van der Waals surface area contributed by atoms with Gasteiger partial charge in [-0.1, -0.05) is 20.8 Å². The number of rotatable bonds is 7. The van der Waals surface area contributed by atoms with Crippen molar-refractivity contribution >= 4 is 11.3 Å². The van der Waals surface area contributed by atoms with Crippen LogP contribution in [0, 0.1) is 5.92 Å². The van der Waals surface area contributed by atoms with Crippen LogP contribution in [0.15, 0.2) is 17.2 Å². The first kappa shape index (κ1) is 14.1. The van der Waals surface area contributed by atoms with Gasteiger partial charge in [0.1, 0.15) is 12.2 Å². The van der Waals surface area contributed by atoms with Gasteiger partial charge in [-0.05, 0) is 12.5 Å². The van der Waals surface area contributed by atoms with E-state index >= 15 is 0 Å². The minimum absolute atomic E-state index is 0.214. The number of thiazole rings is 1. The van der Waals surface area contributed by atoms with Crippen LogP contribution in [0.1, 0.15) is 38.3 Å². The fourth-order valence-electron chi connectivity index (χ4n) is 2.05. The molecule has 2 aromatic rings. The Morgan fingerprint density at radius 1 is 1.37 bits per heavy atom. The SMILES string of the molecule is CCNC(Cc1ncnn1CC(C)C)c1cscn1. The van der Waals surface area contributed by atoms with Crippen molar-refractivity contribution in [2.45, 2.75) is 39.8 Å². The van der Waals surface area contributed by atoms with E-state index in [1.54, 1.807) is 17.7 Å². The van der Waals surface area contributed by atoms with Crippen molar-refractivity contribution in [3.05, 3.63) is 28.7 Å². The van der Waals surface area contributed by atoms with E-state index in [1.807, 2.05) is 10.2 Å². The second-order valence-electron chi connectivity index (χ2n) is 4.98. The summed E-state index contributed by atoms with van der Waals surface area (Å²) < 4.78 is 2.00. The molecule has 2 aromatic heterocycles. The highest BCUT2D eigenvalue weighted by Gasteiger charge is 2.17. The van der Waals surface area contributed by atoms with E-state index in [1.165, 1.54) is 0 Å². The van der Waals surface area contributed by atoms with Gasteiger partial charge >= 0.3 is 0 Å². The molecule has 0 aliphatic rings. The summed E-state index contributed by atoms with van der Waals surface area (Å²) >= 11 is 1.63. The lowest BCUT2D eigenvalue weighted by Gasteiger charge is -2.16. The van der Waals surface area contributed by atoms with Gasteiger partial charge in [0.15, 0.2) is 0 Å². The van der Waals surface area contributed by atoms with Gasteiger partial charge in [0.25, 0.3) is 0 Å². The van der Waals surface area contributed by atoms with Gasteiger partial charge in [-0.15, -0.1) is 11.3 Å². The molecule has 0 amide bonds. The van der Waals surface area contributed by atoms with Crippen molar-refractivity contribution in [3.8, 4) is 0 Å². The Labute approximate surface area is 118 Å². The summed E-state index contributed by atoms with van der Waals surface area (Å²) in [7, 11) is 0. The van der Waals surface area contributed by atoms with Gasteiger partial charge in [-0.3, -0.25) is 0 Å². The summed E-state index contributed by atoms with van der Waals surface area (Å²) in [6.45, 7) is 8.31. The second-order valence-corrected chi connectivity index (χ2v) is 5.70. The van der Waals surface area contributed by atoms with Crippen molar-refractivity contribution in [1.29, 1.82) is 0 Å². The Hall–Kier alpha value is -1.27. The number of nitrogens with one attached hydrogen (secondary N) is 1. The quantitative estimate of drug-likeness (QED) is 0.845. The molecule has 0 aliphatic carbocycles. The van der Waals surface area contributed by atoms with Crippen LogP contribution < -0.4 is 5.32 Å². The third-order valence-corrected chi connectivity index (χ3v) is 3.48. The Kier molecular flexibility index (Phi) is 5.04. The molecule has 5 nitrogen and oxygen atoms in total. The van der Waals surface area contributed by atoms with Gasteiger partial charge < -0.3 is 5.32 Å². The van der Waals surface area contributed by atoms with Crippen LogP contribution in [0.25, 0.3) is 0 Å². The van der Waals surface area contributed by atoms with Crippen LogP contribution in [0.3, 0.4) is 0 Å². The number of hydrogen-bond acceptors (Lipinski definition) is 5. The molecule has 6 heteroatoms. The summed E-state index contributed by atoms with van der Waals surface area (Å²) in [4.78, 5) is 8.79. The van der Waals surface area contributed by atoms with E-state index in [9.17, 15) is 0 Å². The van der Waals surface area contributed by atoms with E-state index in [2.05, 4.69) is 46.5 Å². The summed E-state index contributed by atoms with van der Waals surface area (Å²) in [5, 5.41) is 9.87. The molecule has 0 bridgehead atoms. The largest absolute Gasteiger partial charge is 0.309 e. The summed E-state index contributed by atoms with van der Waals surface area (Å²) in [5.41, 5.74) is 2.96. The van der Waals surface area contributed by atoms with Crippen LogP contribution in [0.5, 0.6) is 0 Å². The zero-order chi connectivity index (χ0) is 13.7. The molecule has 0 saturated carbocycles. The van der Waals surface area contributed by atoms with Gasteiger partial charge in [-0.2, -0.15) is 5.10 Å². The number of aromatic nitrogens is 4. The Morgan fingerprint density at radius 2 is 2.21 bits per heavy atom. The molecule has 104 valence electrons. The lowest BCUT2D eigenvalue weighted by molar-refractivity contribution is 0.444. The smallest absolute Gasteiger partial charge is 0.138 e. The van der Waals surface area contributed by atoms with Gasteiger partial charge in [0.05, 0.1) is 17.2 Å². The van der Waals surface area contributed by atoms with Crippen LogP contribution >= 0.6 is 11.3 Å². The third kappa shape index (κ3) is 3.84. The predicted molar refractivity (Wildman–Crippen MR) is 77.1 cm³/mol. The molecule has 0 saturated heterocycles. The second kappa shape index (κ2) is 6.77. The monoisotopic (exact) mass is 279 g/mol. The molecule has 19 heavy (non-hydrogen) atoms. The predicted octanol–water partition coefficient (Wildman–Crippen LogP) is 2.28. The van der Waals surface area contributed by atoms with Crippen molar-refractivity contribution in [3.63, 3.8) is 0 Å². The van der Waals surface area contributed by atoms with Crippen LogP contribution in [-0.2, 0) is 13.0 Å². The Balaban J connectivity index is 2.11. The molecule has 0 fully saturated rings. The molecule has 1 N–H and O–H groups in total. The van der Waals surface area contributed by atoms with Gasteiger partial charge in [0.2, 0.25) is 0 Å². The van der Waals surface area contributed by atoms with E-state index < -0.39 is 0 Å². The summed E-state index contributed by atoms with van der Waals surface area (Å²) in [6, 6.07) is 0.214. The molecular formula is C13H21N5S. The molecule has 2 heterocycles. The first-order chi connectivity index (χ1) is 9.20. The van der Waals surface area contributed by atoms with Crippen LogP contribution in [0.2, 0.25) is 0 Å². The fraction of sp³-hybridized carbons (Fsp3) is 0.615. The molecule has 1 atom stereocenters. The number of nitrogens with zero attached hydrogens (tertiary/aromatic N) is 4. The maximum Gasteiger partial charge on any atom is 0.138 e. The first-order valence-electron chi connectivity index (χ1n) is 6.68. The van der Waals surface area contributed by atoms with Crippen molar-refractivity contribution in [2.24, 2.45) is 5.92 Å². The highest BCUT2D eigenvalue weighted by Crippen LogP contribution is 2.17. The van der Waals surface area contributed by atoms with E-state index in [4.69, 9.17) is 0 Å². The van der Waals surface area contributed by atoms with Crippen LogP contribution in [-0.4, -0.2) is 26.3 Å². The maximum absolute atomic E-state index is 4.40. The van der Waals surface area contributed by atoms with Gasteiger partial charge in [-0.25, -0.2) is 14.6 Å². The molecule has 0 spiro atoms. The Morgan fingerprint density at radius 3 is 2.84 bits per heavy atom. The van der Waals surface area contributed by atoms with E-state index in [-0.39, 0.29) is 6.04 Å². The van der Waals surface area contributed by atoms with Crippen molar-refractivity contribution < 1.29 is 0 Å². The van der Waals surface area contributed by atoms with Crippen molar-refractivity contribution in [2.75, 3.05) is 6.54 Å². The lowest BCUT2D eigenvalue weighted by atomic mass is 10.1. The topological polar surface area (TPSA) is 55.6 Å². The molecule has 0 aliphatic heterocycles. The minimum Gasteiger partial charge on any atom is -0.309 e. The highest BCUT2D eigenvalue weighted by molar-refractivity contribution is 7.07. The average molecular weight is 279 g/mol. The molecule has 1 unspecified atom stereocenters. The lowest BCUT2D eigenvalue weighted by Crippen LogP contribution is -2.25. The molecule has 2 rings (SSSR count). The number of likely N-dealkylation sites (N-methyl/N-ethyl adjacent to an activating group) is 1. The van der Waals surface area contributed by atoms with Crippen molar-refractivity contribution in [1.82, 2.24) is 25.1 Å². The molecule has 0 radical (unpaired) electrons. The normalized spacial score (nSPS) is 13.1. The summed E-state index contributed by atoms with van der Waals surface area (Å²) in [6.07, 6.45) is 2.46. The molecule has 0 aromatic carbocycles. The van der Waals surface area contributed by atoms with Crippen LogP contribution in [0.4, 0.5) is 0 Å². The van der Waals surface area contributed by atoms with Gasteiger partial charge in [0, 0.05) is 18.3 Å². The zero-order valence-corrected chi connectivity index (χ0v) is 12.5. The zero-order valence-electron chi connectivity index (χ0n) is 11.7. The first-order valence-corrected chi connectivity index (χ1v) is 7.63. The minimum atomic E-state index is 0.214. The number of hydrogen-bond donors (Lipinski definition) is 1. The standard InChI is InChI=1S/C13H21N5S/c1-4-14-11(12-7-19-9-16-12)5-13-15-8-17-18(13)6-10(2)3/h7-11,14H,4-6H2,1-3H3. The fourth-order valence-corrected chi connectivity index (χ4v) is 2.66. The van der Waals surface area contributed by atoms with E-state index in [0.717, 1.165) is 31.0 Å². The average Bonchev–Trinajstić information content (AvgIpc) is 3.00. The molecular weight excluding hydrogens is 258 g/mol. The Bertz CT molecular complexity index is 477. The highest BCUT2D eigenvalue weighted by atomic mass is 32.1. The van der Waals surface area contributed by atoms with E-state index in [0.29, 0.717) is 5.92 Å². The maximum atomic E-state index is 4.40.